The number of aliphatic imine (C=N–C) groups is 1. The maximum atomic E-state index is 13.3. The summed E-state index contributed by atoms with van der Waals surface area (Å²) in [5.41, 5.74) is 2.25. The molecule has 35 heavy (non-hydrogen) atoms. The first-order valence-corrected chi connectivity index (χ1v) is 11.3. The summed E-state index contributed by atoms with van der Waals surface area (Å²) < 4.78 is 45.8. The van der Waals surface area contributed by atoms with E-state index in [-0.39, 0.29) is 17.2 Å². The molecule has 0 amide bonds. The fourth-order valence-electron chi connectivity index (χ4n) is 4.41. The van der Waals surface area contributed by atoms with Crippen LogP contribution in [0, 0.1) is 0 Å². The van der Waals surface area contributed by atoms with Crippen LogP contribution in [0.5, 0.6) is 5.75 Å². The lowest BCUT2D eigenvalue weighted by Gasteiger charge is -2.32. The summed E-state index contributed by atoms with van der Waals surface area (Å²) in [4.78, 5) is 10.4. The van der Waals surface area contributed by atoms with Crippen molar-refractivity contribution in [1.82, 2.24) is 25.3 Å². The molecular formula is C25H27F3N6O. The maximum Gasteiger partial charge on any atom is 0.435 e. The molecule has 0 fully saturated rings. The smallest absolute Gasteiger partial charge is 0.435 e. The van der Waals surface area contributed by atoms with Crippen LogP contribution in [0.15, 0.2) is 47.7 Å². The van der Waals surface area contributed by atoms with Gasteiger partial charge in [0.1, 0.15) is 17.1 Å². The maximum absolute atomic E-state index is 13.3. The van der Waals surface area contributed by atoms with Crippen molar-refractivity contribution >= 4 is 12.4 Å². The van der Waals surface area contributed by atoms with Gasteiger partial charge in [-0.25, -0.2) is 0 Å². The molecule has 0 saturated heterocycles. The van der Waals surface area contributed by atoms with Gasteiger partial charge in [-0.05, 0) is 42.8 Å². The molecule has 0 spiro atoms. The summed E-state index contributed by atoms with van der Waals surface area (Å²) in [5, 5.41) is 8.88. The summed E-state index contributed by atoms with van der Waals surface area (Å²) in [5.74, 6) is 1.55. The third-order valence-electron chi connectivity index (χ3n) is 6.00. The van der Waals surface area contributed by atoms with Gasteiger partial charge in [0.15, 0.2) is 5.69 Å². The summed E-state index contributed by atoms with van der Waals surface area (Å²) in [7, 11) is 1.93. The van der Waals surface area contributed by atoms with Gasteiger partial charge in [0.2, 0.25) is 0 Å². The lowest BCUT2D eigenvalue weighted by molar-refractivity contribution is -0.140. The van der Waals surface area contributed by atoms with Crippen LogP contribution in [0.25, 0.3) is 17.0 Å². The second kappa shape index (κ2) is 9.89. The van der Waals surface area contributed by atoms with E-state index in [9.17, 15) is 13.2 Å². The first-order chi connectivity index (χ1) is 16.7. The number of aromatic amines is 1. The molecule has 10 heteroatoms. The molecule has 1 atom stereocenters. The standard InChI is InChI=1S/C25H27F3N6O/c1-15(2)18-6-5-7-21-22(18)17(9-11-35-21)13-34(4)14-20(29-3)19-12-16(8-10-30-19)23-24(25(26,27)28)32-33-31-23/h5-8,10,12,14-15,17H,3,9,11,13H2,1-2,4H3,(H,31,32,33)/b20-14-/t17-/m1/s1. The third kappa shape index (κ3) is 5.21. The SMILES string of the molecule is C=N/C(=C\N(C)C[C@H]1CCOc2cccc(C(C)C)c21)c1cc(-c2nn[nH]c2C(F)(F)F)ccn1. The van der Waals surface area contributed by atoms with Crippen molar-refractivity contribution in [3.05, 3.63) is 65.2 Å². The van der Waals surface area contributed by atoms with Crippen LogP contribution in [-0.2, 0) is 6.18 Å². The molecule has 0 unspecified atom stereocenters. The summed E-state index contributed by atoms with van der Waals surface area (Å²) in [6, 6.07) is 9.13. The average Bonchev–Trinajstić information content (AvgIpc) is 3.33. The number of fused-ring (bicyclic) bond motifs is 1. The first-order valence-electron chi connectivity index (χ1n) is 11.3. The fraction of sp³-hybridized carbons (Fsp3) is 0.360. The van der Waals surface area contributed by atoms with Crippen LogP contribution in [0.3, 0.4) is 0 Å². The minimum absolute atomic E-state index is 0.230. The number of aromatic nitrogens is 4. The number of likely N-dealkylation sites (N-methyl/N-ethyl adjacent to an activating group) is 1. The second-order valence-corrected chi connectivity index (χ2v) is 8.82. The van der Waals surface area contributed by atoms with Gasteiger partial charge in [-0.2, -0.15) is 13.2 Å². The number of ether oxygens (including phenoxy) is 1. The summed E-state index contributed by atoms with van der Waals surface area (Å²) in [6.07, 6.45) is -0.500. The third-order valence-corrected chi connectivity index (χ3v) is 6.00. The van der Waals surface area contributed by atoms with Gasteiger partial charge < -0.3 is 9.64 Å². The van der Waals surface area contributed by atoms with Gasteiger partial charge in [0.25, 0.3) is 0 Å². The van der Waals surface area contributed by atoms with Crippen LogP contribution in [-0.4, -0.2) is 52.2 Å². The van der Waals surface area contributed by atoms with Crippen molar-refractivity contribution in [1.29, 1.82) is 0 Å². The molecule has 2 aromatic heterocycles. The molecule has 7 nitrogen and oxygen atoms in total. The Morgan fingerprint density at radius 3 is 2.86 bits per heavy atom. The zero-order chi connectivity index (χ0) is 25.2. The summed E-state index contributed by atoms with van der Waals surface area (Å²) in [6.45, 7) is 9.33. The highest BCUT2D eigenvalue weighted by atomic mass is 19.4. The number of rotatable bonds is 7. The molecule has 3 heterocycles. The molecule has 1 aliphatic rings. The number of H-pyrrole nitrogens is 1. The molecule has 4 rings (SSSR count). The van der Waals surface area contributed by atoms with E-state index in [1.807, 2.05) is 29.2 Å². The Kier molecular flexibility index (Phi) is 6.90. The molecule has 0 radical (unpaired) electrons. The minimum Gasteiger partial charge on any atom is -0.493 e. The zero-order valence-electron chi connectivity index (χ0n) is 19.8. The largest absolute Gasteiger partial charge is 0.493 e. The molecule has 184 valence electrons. The lowest BCUT2D eigenvalue weighted by atomic mass is 9.85. The summed E-state index contributed by atoms with van der Waals surface area (Å²) >= 11 is 0. The van der Waals surface area contributed by atoms with Crippen LogP contribution in [0.1, 0.15) is 54.6 Å². The van der Waals surface area contributed by atoms with Crippen molar-refractivity contribution in [3.8, 4) is 17.0 Å². The van der Waals surface area contributed by atoms with Gasteiger partial charge >= 0.3 is 6.18 Å². The van der Waals surface area contributed by atoms with Crippen molar-refractivity contribution in [2.45, 2.75) is 38.3 Å². The van der Waals surface area contributed by atoms with Crippen LogP contribution >= 0.6 is 0 Å². The first kappa shape index (κ1) is 24.4. The average molecular weight is 485 g/mol. The Morgan fingerprint density at radius 2 is 2.14 bits per heavy atom. The number of benzene rings is 1. The Bertz CT molecular complexity index is 1230. The molecule has 1 aliphatic heterocycles. The van der Waals surface area contributed by atoms with Crippen molar-refractivity contribution in [2.24, 2.45) is 4.99 Å². The lowest BCUT2D eigenvalue weighted by Crippen LogP contribution is -2.26. The number of hydrogen-bond donors (Lipinski definition) is 1. The van der Waals surface area contributed by atoms with E-state index in [2.05, 4.69) is 46.9 Å². The fourth-order valence-corrected chi connectivity index (χ4v) is 4.41. The van der Waals surface area contributed by atoms with Gasteiger partial charge in [0, 0.05) is 43.0 Å². The highest BCUT2D eigenvalue weighted by Crippen LogP contribution is 2.39. The van der Waals surface area contributed by atoms with E-state index in [1.54, 1.807) is 6.20 Å². The monoisotopic (exact) mass is 484 g/mol. The topological polar surface area (TPSA) is 79.3 Å². The number of nitrogens with one attached hydrogen (secondary N) is 1. The highest BCUT2D eigenvalue weighted by Gasteiger charge is 2.37. The van der Waals surface area contributed by atoms with E-state index in [1.165, 1.54) is 29.5 Å². The Balaban J connectivity index is 1.60. The molecule has 0 bridgehead atoms. The van der Waals surface area contributed by atoms with Crippen molar-refractivity contribution < 1.29 is 17.9 Å². The Labute approximate surface area is 201 Å². The number of nitrogens with zero attached hydrogens (tertiary/aromatic N) is 5. The van der Waals surface area contributed by atoms with Gasteiger partial charge in [-0.1, -0.05) is 31.2 Å². The number of halogens is 3. The number of pyridine rings is 1. The van der Waals surface area contributed by atoms with Crippen molar-refractivity contribution in [2.75, 3.05) is 20.2 Å². The van der Waals surface area contributed by atoms with E-state index in [4.69, 9.17) is 4.74 Å². The zero-order valence-corrected chi connectivity index (χ0v) is 19.8. The van der Waals surface area contributed by atoms with Gasteiger partial charge in [-0.15, -0.1) is 5.10 Å². The molecule has 0 saturated carbocycles. The molecule has 1 N–H and O–H groups in total. The molecule has 3 aromatic rings. The number of hydrogen-bond acceptors (Lipinski definition) is 6. The molecule has 1 aromatic carbocycles. The van der Waals surface area contributed by atoms with E-state index in [0.717, 1.165) is 12.2 Å². The van der Waals surface area contributed by atoms with Crippen molar-refractivity contribution in [3.63, 3.8) is 0 Å². The van der Waals surface area contributed by atoms with E-state index < -0.39 is 11.9 Å². The van der Waals surface area contributed by atoms with E-state index in [0.29, 0.717) is 30.5 Å². The second-order valence-electron chi connectivity index (χ2n) is 8.82. The highest BCUT2D eigenvalue weighted by molar-refractivity contribution is 5.70. The Morgan fingerprint density at radius 1 is 1.34 bits per heavy atom. The molecular weight excluding hydrogens is 457 g/mol. The van der Waals surface area contributed by atoms with E-state index >= 15 is 0 Å². The molecule has 0 aliphatic carbocycles. The quantitative estimate of drug-likeness (QED) is 0.448. The predicted octanol–water partition coefficient (Wildman–Crippen LogP) is 5.51. The van der Waals surface area contributed by atoms with Crippen LogP contribution in [0.2, 0.25) is 0 Å². The van der Waals surface area contributed by atoms with Crippen LogP contribution < -0.4 is 4.74 Å². The Hall–Kier alpha value is -3.69. The normalized spacial score (nSPS) is 16.1. The number of alkyl halides is 3. The minimum atomic E-state index is -4.60. The van der Waals surface area contributed by atoms with Crippen LogP contribution in [0.4, 0.5) is 13.2 Å². The van der Waals surface area contributed by atoms with Gasteiger partial charge in [0.05, 0.1) is 12.3 Å². The van der Waals surface area contributed by atoms with Gasteiger partial charge in [-0.3, -0.25) is 15.1 Å². The predicted molar refractivity (Wildman–Crippen MR) is 128 cm³/mol.